The highest BCUT2D eigenvalue weighted by Gasteiger charge is 2.09. The average molecular weight is 248 g/mol. The van der Waals surface area contributed by atoms with Crippen molar-refractivity contribution in [3.63, 3.8) is 0 Å². The number of nitrogens with two attached hydrogens (primary N) is 1. The second kappa shape index (κ2) is 4.91. The lowest BCUT2D eigenvalue weighted by Crippen LogP contribution is -2.22. The Bertz CT molecular complexity index is 623. The fourth-order valence-electron chi connectivity index (χ4n) is 1.70. The molecule has 2 N–H and O–H groups in total. The van der Waals surface area contributed by atoms with Crippen LogP contribution in [-0.4, -0.2) is 11.7 Å². The van der Waals surface area contributed by atoms with Crippen LogP contribution in [0.5, 0.6) is 5.75 Å². The number of aromatic nitrogens is 1. The number of methoxy groups -OCH3 is 1. The SMILES string of the molecule is COc1cccc(Cn2cccc(N)c2=O)c1F. The summed E-state index contributed by atoms with van der Waals surface area (Å²) in [7, 11) is 1.40. The summed E-state index contributed by atoms with van der Waals surface area (Å²) in [6.45, 7) is 0.118. The van der Waals surface area contributed by atoms with Crippen molar-refractivity contribution in [1.29, 1.82) is 0 Å². The van der Waals surface area contributed by atoms with Gasteiger partial charge in [-0.1, -0.05) is 12.1 Å². The highest BCUT2D eigenvalue weighted by atomic mass is 19.1. The number of hydrogen-bond donors (Lipinski definition) is 1. The molecule has 18 heavy (non-hydrogen) atoms. The second-order valence-corrected chi connectivity index (χ2v) is 3.83. The third kappa shape index (κ3) is 2.20. The largest absolute Gasteiger partial charge is 0.494 e. The van der Waals surface area contributed by atoms with Gasteiger partial charge >= 0.3 is 0 Å². The molecule has 0 amide bonds. The van der Waals surface area contributed by atoms with Crippen LogP contribution in [0.25, 0.3) is 0 Å². The van der Waals surface area contributed by atoms with E-state index in [9.17, 15) is 9.18 Å². The maximum absolute atomic E-state index is 13.9. The highest BCUT2D eigenvalue weighted by Crippen LogP contribution is 2.20. The van der Waals surface area contributed by atoms with Crippen LogP contribution in [0.2, 0.25) is 0 Å². The summed E-state index contributed by atoms with van der Waals surface area (Å²) < 4.78 is 20.2. The van der Waals surface area contributed by atoms with Gasteiger partial charge in [0.15, 0.2) is 11.6 Å². The number of rotatable bonds is 3. The zero-order valence-electron chi connectivity index (χ0n) is 9.89. The predicted molar refractivity (Wildman–Crippen MR) is 67.2 cm³/mol. The van der Waals surface area contributed by atoms with Crippen LogP contribution in [0, 0.1) is 5.82 Å². The van der Waals surface area contributed by atoms with Crippen molar-refractivity contribution in [1.82, 2.24) is 4.57 Å². The molecule has 0 aliphatic heterocycles. The van der Waals surface area contributed by atoms with Crippen LogP contribution in [0.3, 0.4) is 0 Å². The van der Waals surface area contributed by atoms with Crippen molar-refractivity contribution < 1.29 is 9.13 Å². The van der Waals surface area contributed by atoms with E-state index >= 15 is 0 Å². The lowest BCUT2D eigenvalue weighted by Gasteiger charge is -2.09. The Kier molecular flexibility index (Phi) is 3.32. The van der Waals surface area contributed by atoms with Crippen molar-refractivity contribution in [3.05, 3.63) is 58.3 Å². The minimum absolute atomic E-state index is 0.118. The molecule has 0 bridgehead atoms. The van der Waals surface area contributed by atoms with E-state index in [4.69, 9.17) is 10.5 Å². The second-order valence-electron chi connectivity index (χ2n) is 3.83. The van der Waals surface area contributed by atoms with Crippen LogP contribution < -0.4 is 16.0 Å². The van der Waals surface area contributed by atoms with Crippen molar-refractivity contribution in [2.45, 2.75) is 6.54 Å². The molecule has 5 heteroatoms. The average Bonchev–Trinajstić information content (AvgIpc) is 2.37. The molecule has 4 nitrogen and oxygen atoms in total. The quantitative estimate of drug-likeness (QED) is 0.898. The van der Waals surface area contributed by atoms with Gasteiger partial charge in [-0.05, 0) is 18.2 Å². The highest BCUT2D eigenvalue weighted by molar-refractivity contribution is 5.35. The van der Waals surface area contributed by atoms with Gasteiger partial charge in [0.25, 0.3) is 5.56 Å². The van der Waals surface area contributed by atoms with Gasteiger partial charge in [-0.25, -0.2) is 4.39 Å². The van der Waals surface area contributed by atoms with Crippen LogP contribution in [0.1, 0.15) is 5.56 Å². The Morgan fingerprint density at radius 2 is 2.11 bits per heavy atom. The number of halogens is 1. The van der Waals surface area contributed by atoms with E-state index in [0.717, 1.165) is 0 Å². The maximum Gasteiger partial charge on any atom is 0.273 e. The minimum atomic E-state index is -0.464. The van der Waals surface area contributed by atoms with Crippen molar-refractivity contribution in [3.8, 4) is 5.75 Å². The van der Waals surface area contributed by atoms with Crippen LogP contribution >= 0.6 is 0 Å². The van der Waals surface area contributed by atoms with E-state index in [2.05, 4.69) is 0 Å². The number of anilines is 1. The third-order valence-corrected chi connectivity index (χ3v) is 2.65. The number of ether oxygens (including phenoxy) is 1. The Morgan fingerprint density at radius 3 is 2.83 bits per heavy atom. The Balaban J connectivity index is 2.40. The summed E-state index contributed by atoms with van der Waals surface area (Å²) >= 11 is 0. The first-order valence-corrected chi connectivity index (χ1v) is 5.40. The molecule has 2 rings (SSSR count). The molecule has 0 fully saturated rings. The first-order chi connectivity index (χ1) is 8.63. The normalized spacial score (nSPS) is 10.3. The van der Waals surface area contributed by atoms with Crippen molar-refractivity contribution >= 4 is 5.69 Å². The Hall–Kier alpha value is -2.30. The van der Waals surface area contributed by atoms with Gasteiger partial charge in [0.2, 0.25) is 0 Å². The van der Waals surface area contributed by atoms with E-state index in [1.807, 2.05) is 0 Å². The number of pyridine rings is 1. The molecule has 1 aromatic heterocycles. The zero-order valence-corrected chi connectivity index (χ0v) is 9.89. The summed E-state index contributed by atoms with van der Waals surface area (Å²) in [4.78, 5) is 11.7. The molecule has 94 valence electrons. The molecule has 0 aliphatic rings. The monoisotopic (exact) mass is 248 g/mol. The van der Waals surface area contributed by atoms with Gasteiger partial charge in [-0.3, -0.25) is 4.79 Å². The molecule has 0 atom stereocenters. The minimum Gasteiger partial charge on any atom is -0.494 e. The summed E-state index contributed by atoms with van der Waals surface area (Å²) in [5.41, 5.74) is 5.70. The van der Waals surface area contributed by atoms with Crippen LogP contribution in [0.4, 0.5) is 10.1 Å². The first kappa shape index (κ1) is 12.2. The zero-order chi connectivity index (χ0) is 13.1. The molecule has 1 aromatic carbocycles. The Labute approximate surface area is 103 Å². The molecule has 0 spiro atoms. The predicted octanol–water partition coefficient (Wildman–Crippen LogP) is 1.63. The number of benzene rings is 1. The summed E-state index contributed by atoms with van der Waals surface area (Å²) in [6, 6.07) is 7.97. The molecular formula is C13H13FN2O2. The van der Waals surface area contributed by atoms with Gasteiger partial charge < -0.3 is 15.0 Å². The number of hydrogen-bond acceptors (Lipinski definition) is 3. The lowest BCUT2D eigenvalue weighted by atomic mass is 10.2. The van der Waals surface area contributed by atoms with Gasteiger partial charge in [0.1, 0.15) is 0 Å². The molecule has 0 unspecified atom stereocenters. The fourth-order valence-corrected chi connectivity index (χ4v) is 1.70. The fraction of sp³-hybridized carbons (Fsp3) is 0.154. The van der Waals surface area contributed by atoms with Gasteiger partial charge in [-0.2, -0.15) is 0 Å². The first-order valence-electron chi connectivity index (χ1n) is 5.40. The molecular weight excluding hydrogens is 235 g/mol. The summed E-state index contributed by atoms with van der Waals surface area (Å²) in [5, 5.41) is 0. The molecule has 0 radical (unpaired) electrons. The summed E-state index contributed by atoms with van der Waals surface area (Å²) in [6.07, 6.45) is 1.57. The van der Waals surface area contributed by atoms with Gasteiger partial charge in [0, 0.05) is 11.8 Å². The molecule has 0 aliphatic carbocycles. The van der Waals surface area contributed by atoms with Crippen LogP contribution in [-0.2, 0) is 6.54 Å². The van der Waals surface area contributed by atoms with E-state index in [0.29, 0.717) is 5.56 Å². The van der Waals surface area contributed by atoms with Crippen molar-refractivity contribution in [2.24, 2.45) is 0 Å². The standard InChI is InChI=1S/C13H13FN2O2/c1-18-11-6-2-4-9(12(11)14)8-16-7-3-5-10(15)13(16)17/h2-7H,8,15H2,1H3. The van der Waals surface area contributed by atoms with Crippen LogP contribution in [0.15, 0.2) is 41.3 Å². The van der Waals surface area contributed by atoms with Gasteiger partial charge in [0.05, 0.1) is 19.3 Å². The smallest absolute Gasteiger partial charge is 0.273 e. The molecule has 2 aromatic rings. The maximum atomic E-state index is 13.9. The van der Waals surface area contributed by atoms with E-state index in [1.54, 1.807) is 24.4 Å². The molecule has 0 saturated heterocycles. The molecule has 0 saturated carbocycles. The number of nitrogens with zero attached hydrogens (tertiary/aromatic N) is 1. The number of nitrogen functional groups attached to an aromatic ring is 1. The Morgan fingerprint density at radius 1 is 1.33 bits per heavy atom. The van der Waals surface area contributed by atoms with E-state index in [-0.39, 0.29) is 23.5 Å². The third-order valence-electron chi connectivity index (χ3n) is 2.65. The lowest BCUT2D eigenvalue weighted by molar-refractivity contribution is 0.383. The topological polar surface area (TPSA) is 57.2 Å². The van der Waals surface area contributed by atoms with Gasteiger partial charge in [-0.15, -0.1) is 0 Å². The van der Waals surface area contributed by atoms with Crippen molar-refractivity contribution in [2.75, 3.05) is 12.8 Å². The van der Waals surface area contributed by atoms with E-state index in [1.165, 1.54) is 23.8 Å². The molecule has 1 heterocycles. The summed E-state index contributed by atoms with van der Waals surface area (Å²) in [5.74, 6) is -0.307. The van der Waals surface area contributed by atoms with E-state index < -0.39 is 5.82 Å².